The second-order valence-corrected chi connectivity index (χ2v) is 8.54. The van der Waals surface area contributed by atoms with Crippen LogP contribution in [0.4, 0.5) is 0 Å². The van der Waals surface area contributed by atoms with E-state index >= 15 is 0 Å². The lowest BCUT2D eigenvalue weighted by Gasteiger charge is -2.28. The van der Waals surface area contributed by atoms with Crippen LogP contribution in [-0.4, -0.2) is 82.1 Å². The highest BCUT2D eigenvalue weighted by Crippen LogP contribution is 2.10. The summed E-state index contributed by atoms with van der Waals surface area (Å²) in [4.78, 5) is 60.6. The van der Waals surface area contributed by atoms with E-state index < -0.39 is 66.3 Å². The number of primary amides is 1. The average molecular weight is 478 g/mol. The summed E-state index contributed by atoms with van der Waals surface area (Å²) in [5.74, 6) is -4.49. The number of carbonyl (C=O) groups excluding carboxylic acids is 4. The molecule has 0 aliphatic carbocycles. The molecule has 0 rings (SSSR count). The van der Waals surface area contributed by atoms with Crippen molar-refractivity contribution in [2.24, 2.45) is 17.4 Å². The Kier molecular flexibility index (Phi) is 13.5. The topological polar surface area (TPSA) is 214 Å². The molecule has 6 atom stereocenters. The number of aliphatic hydroxyl groups is 1. The molecule has 6 unspecified atom stereocenters. The smallest absolute Gasteiger partial charge is 0.326 e. The van der Waals surface area contributed by atoms with Crippen molar-refractivity contribution in [3.63, 3.8) is 0 Å². The summed E-state index contributed by atoms with van der Waals surface area (Å²) in [7, 11) is 0. The minimum absolute atomic E-state index is 0.141. The van der Waals surface area contributed by atoms with Gasteiger partial charge in [-0.2, -0.15) is 11.8 Å². The molecule has 0 aromatic rings. The summed E-state index contributed by atoms with van der Waals surface area (Å²) in [5.41, 5.74) is 10.8. The van der Waals surface area contributed by atoms with Crippen LogP contribution in [0.25, 0.3) is 0 Å². The van der Waals surface area contributed by atoms with Gasteiger partial charge in [-0.3, -0.25) is 19.2 Å². The molecule has 0 aliphatic rings. The minimum atomic E-state index is -1.44. The van der Waals surface area contributed by atoms with Crippen LogP contribution in [0.5, 0.6) is 0 Å². The summed E-state index contributed by atoms with van der Waals surface area (Å²) in [5, 5.41) is 25.9. The number of nitrogens with two attached hydrogens (primary N) is 2. The van der Waals surface area contributed by atoms with E-state index in [-0.39, 0.29) is 12.3 Å². The molecule has 0 radical (unpaired) electrons. The fourth-order valence-corrected chi connectivity index (χ4v) is 3.08. The number of thioether (sulfide) groups is 1. The second-order valence-electron chi connectivity index (χ2n) is 7.55. The van der Waals surface area contributed by atoms with E-state index in [1.165, 1.54) is 18.7 Å². The summed E-state index contributed by atoms with van der Waals surface area (Å²) in [6.45, 7) is 4.79. The first-order valence-corrected chi connectivity index (χ1v) is 11.6. The molecule has 13 heteroatoms. The zero-order valence-electron chi connectivity index (χ0n) is 18.8. The van der Waals surface area contributed by atoms with Crippen LogP contribution in [-0.2, 0) is 24.0 Å². The van der Waals surface area contributed by atoms with Gasteiger partial charge in [-0.15, -0.1) is 0 Å². The van der Waals surface area contributed by atoms with E-state index in [1.807, 2.05) is 0 Å². The van der Waals surface area contributed by atoms with Gasteiger partial charge in [-0.05, 0) is 31.3 Å². The van der Waals surface area contributed by atoms with Gasteiger partial charge < -0.3 is 37.6 Å². The lowest BCUT2D eigenvalue weighted by Crippen LogP contribution is -2.60. The number of carboxylic acids is 1. The van der Waals surface area contributed by atoms with Crippen LogP contribution >= 0.6 is 11.8 Å². The highest BCUT2D eigenvalue weighted by atomic mass is 32.2. The first kappa shape index (κ1) is 29.6. The van der Waals surface area contributed by atoms with E-state index in [0.29, 0.717) is 12.2 Å². The van der Waals surface area contributed by atoms with Crippen molar-refractivity contribution in [3.05, 3.63) is 0 Å². The van der Waals surface area contributed by atoms with Gasteiger partial charge in [-0.25, -0.2) is 4.79 Å². The predicted octanol–water partition coefficient (Wildman–Crippen LogP) is -2.09. The molecule has 0 saturated carbocycles. The van der Waals surface area contributed by atoms with E-state index in [2.05, 4.69) is 16.0 Å². The number of hydrogen-bond acceptors (Lipinski definition) is 8. The van der Waals surface area contributed by atoms with Crippen molar-refractivity contribution in [1.29, 1.82) is 0 Å². The molecule has 0 aromatic heterocycles. The molecule has 0 aliphatic heterocycles. The molecule has 0 bridgehead atoms. The number of hydrogen-bond donors (Lipinski definition) is 7. The molecule has 0 heterocycles. The first-order valence-electron chi connectivity index (χ1n) is 10.2. The van der Waals surface area contributed by atoms with Crippen molar-refractivity contribution in [2.45, 2.75) is 70.3 Å². The first-order chi connectivity index (χ1) is 14.8. The monoisotopic (exact) mass is 477 g/mol. The fourth-order valence-electron chi connectivity index (χ4n) is 2.61. The van der Waals surface area contributed by atoms with Crippen molar-refractivity contribution in [2.75, 3.05) is 12.0 Å². The number of amides is 4. The third-order valence-electron chi connectivity index (χ3n) is 4.88. The van der Waals surface area contributed by atoms with Crippen LogP contribution in [0.2, 0.25) is 0 Å². The zero-order chi connectivity index (χ0) is 25.0. The summed E-state index contributed by atoms with van der Waals surface area (Å²) >= 11 is 1.40. The summed E-state index contributed by atoms with van der Waals surface area (Å²) < 4.78 is 0. The van der Waals surface area contributed by atoms with Crippen LogP contribution < -0.4 is 27.4 Å². The van der Waals surface area contributed by atoms with E-state index in [0.717, 1.165) is 0 Å². The molecule has 12 nitrogen and oxygen atoms in total. The number of aliphatic carboxylic acids is 1. The third-order valence-corrected chi connectivity index (χ3v) is 5.52. The molecule has 184 valence electrons. The quantitative estimate of drug-likeness (QED) is 0.137. The molecule has 32 heavy (non-hydrogen) atoms. The summed E-state index contributed by atoms with van der Waals surface area (Å²) in [6, 6.07) is -5.04. The number of nitrogens with one attached hydrogen (secondary N) is 3. The highest BCUT2D eigenvalue weighted by Gasteiger charge is 2.33. The van der Waals surface area contributed by atoms with Gasteiger partial charge in [0.2, 0.25) is 23.6 Å². The molecule has 4 amide bonds. The van der Waals surface area contributed by atoms with Gasteiger partial charge >= 0.3 is 5.97 Å². The predicted molar refractivity (Wildman–Crippen MR) is 119 cm³/mol. The Morgan fingerprint density at radius 3 is 1.97 bits per heavy atom. The second kappa shape index (κ2) is 14.6. The standard InChI is InChI=1S/C19H35N5O7S/c1-5-9(2)15(24-17(28)14(21)10(3)25)18(29)23-12(8-13(20)26)16(27)22-11(19(30)31)6-7-32-4/h9-12,14-15,25H,5-8,21H2,1-4H3,(H2,20,26)(H,22,27)(H,23,29)(H,24,28)(H,30,31). The average Bonchev–Trinajstić information content (AvgIpc) is 2.71. The number of carboxylic acid groups (broad SMARTS) is 1. The van der Waals surface area contributed by atoms with Crippen LogP contribution in [0, 0.1) is 5.92 Å². The van der Waals surface area contributed by atoms with Crippen LogP contribution in [0.15, 0.2) is 0 Å². The van der Waals surface area contributed by atoms with Gasteiger partial charge in [0, 0.05) is 0 Å². The fraction of sp³-hybridized carbons (Fsp3) is 0.737. The zero-order valence-corrected chi connectivity index (χ0v) is 19.6. The van der Waals surface area contributed by atoms with Crippen LogP contribution in [0.3, 0.4) is 0 Å². The Labute approximate surface area is 191 Å². The van der Waals surface area contributed by atoms with E-state index in [9.17, 15) is 34.2 Å². The lowest BCUT2D eigenvalue weighted by molar-refractivity contribution is -0.142. The van der Waals surface area contributed by atoms with Gasteiger partial charge in [0.25, 0.3) is 0 Å². The van der Waals surface area contributed by atoms with Crippen molar-refractivity contribution < 1.29 is 34.2 Å². The maximum atomic E-state index is 12.9. The Morgan fingerprint density at radius 2 is 1.53 bits per heavy atom. The molecule has 0 fully saturated rings. The molecular weight excluding hydrogens is 442 g/mol. The third kappa shape index (κ3) is 10.3. The number of rotatable bonds is 15. The molecular formula is C19H35N5O7S. The Morgan fingerprint density at radius 1 is 0.969 bits per heavy atom. The van der Waals surface area contributed by atoms with Crippen LogP contribution in [0.1, 0.15) is 40.0 Å². The maximum Gasteiger partial charge on any atom is 0.326 e. The Bertz CT molecular complexity index is 676. The SMILES string of the molecule is CCC(C)C(NC(=O)C(N)C(C)O)C(=O)NC(CC(N)=O)C(=O)NC(CCSC)C(=O)O. The molecule has 0 aromatic carbocycles. The lowest BCUT2D eigenvalue weighted by atomic mass is 9.97. The minimum Gasteiger partial charge on any atom is -0.480 e. The molecule has 0 saturated heterocycles. The van der Waals surface area contributed by atoms with E-state index in [1.54, 1.807) is 20.1 Å². The van der Waals surface area contributed by atoms with Gasteiger partial charge in [-0.1, -0.05) is 20.3 Å². The van der Waals surface area contributed by atoms with E-state index in [4.69, 9.17) is 11.5 Å². The molecule has 0 spiro atoms. The summed E-state index contributed by atoms with van der Waals surface area (Å²) in [6.07, 6.45) is 0.676. The largest absolute Gasteiger partial charge is 0.480 e. The maximum absolute atomic E-state index is 12.9. The Balaban J connectivity index is 5.55. The van der Waals surface area contributed by atoms with Gasteiger partial charge in [0.1, 0.15) is 24.2 Å². The Hall–Kier alpha value is -2.38. The molecule has 9 N–H and O–H groups in total. The number of carbonyl (C=O) groups is 5. The van der Waals surface area contributed by atoms with Crippen molar-refractivity contribution in [3.8, 4) is 0 Å². The van der Waals surface area contributed by atoms with Crippen molar-refractivity contribution in [1.82, 2.24) is 16.0 Å². The highest BCUT2D eigenvalue weighted by molar-refractivity contribution is 7.98. The number of aliphatic hydroxyl groups excluding tert-OH is 1. The normalized spacial score (nSPS) is 16.6. The van der Waals surface area contributed by atoms with Gasteiger partial charge in [0.15, 0.2) is 0 Å². The van der Waals surface area contributed by atoms with Crippen molar-refractivity contribution >= 4 is 41.4 Å². The van der Waals surface area contributed by atoms with Gasteiger partial charge in [0.05, 0.1) is 12.5 Å².